The Labute approximate surface area is 149 Å². The van der Waals surface area contributed by atoms with Crippen LogP contribution in [-0.4, -0.2) is 22.4 Å². The molecule has 2 aromatic heterocycles. The minimum absolute atomic E-state index is 0.182. The fourth-order valence-electron chi connectivity index (χ4n) is 2.45. The van der Waals surface area contributed by atoms with Gasteiger partial charge in [0.25, 0.3) is 5.91 Å². The number of thiazole rings is 1. The Kier molecular flexibility index (Phi) is 5.11. The smallest absolute Gasteiger partial charge is 0.253 e. The number of halogens is 1. The topological polar surface area (TPSA) is 54.9 Å². The van der Waals surface area contributed by atoms with Gasteiger partial charge >= 0.3 is 0 Å². The maximum Gasteiger partial charge on any atom is 0.253 e. The Balaban J connectivity index is 1.70. The minimum atomic E-state index is -0.182. The Morgan fingerprint density at radius 2 is 2.17 bits per heavy atom. The molecule has 0 saturated heterocycles. The van der Waals surface area contributed by atoms with Crippen molar-refractivity contribution in [3.05, 3.63) is 57.1 Å². The van der Waals surface area contributed by atoms with Crippen molar-refractivity contribution in [2.75, 3.05) is 6.54 Å². The molecule has 0 fully saturated rings. The van der Waals surface area contributed by atoms with Crippen LogP contribution in [0.3, 0.4) is 0 Å². The maximum atomic E-state index is 12.5. The predicted molar refractivity (Wildman–Crippen MR) is 99.0 cm³/mol. The molecule has 0 atom stereocenters. The van der Waals surface area contributed by atoms with Gasteiger partial charge < -0.3 is 5.32 Å². The van der Waals surface area contributed by atoms with E-state index in [1.807, 2.05) is 12.1 Å². The van der Waals surface area contributed by atoms with Crippen LogP contribution in [0.4, 0.5) is 0 Å². The lowest BCUT2D eigenvalue weighted by atomic mass is 10.1. The highest BCUT2D eigenvalue weighted by molar-refractivity contribution is 7.09. The van der Waals surface area contributed by atoms with Crippen LogP contribution in [-0.2, 0) is 6.42 Å². The molecular weight excluding hydrogens is 342 g/mol. The number of benzene rings is 1. The third kappa shape index (κ3) is 3.57. The monoisotopic (exact) mass is 359 g/mol. The van der Waals surface area contributed by atoms with Gasteiger partial charge in [0.2, 0.25) is 0 Å². The number of nitrogens with one attached hydrogen (secondary N) is 1. The number of carbonyl (C=O) groups is 1. The second kappa shape index (κ2) is 7.28. The Bertz CT molecular complexity index is 876. The van der Waals surface area contributed by atoms with Crippen LogP contribution in [0.25, 0.3) is 10.9 Å². The van der Waals surface area contributed by atoms with Gasteiger partial charge in [0, 0.05) is 35.8 Å². The first kappa shape index (κ1) is 16.9. The summed E-state index contributed by atoms with van der Waals surface area (Å²) in [5, 5.41) is 7.31. The van der Waals surface area contributed by atoms with Crippen LogP contribution in [0.15, 0.2) is 35.8 Å². The molecule has 0 aliphatic heterocycles. The van der Waals surface area contributed by atoms with Gasteiger partial charge in [-0.25, -0.2) is 4.98 Å². The van der Waals surface area contributed by atoms with E-state index in [0.717, 1.165) is 21.6 Å². The average Bonchev–Trinajstić information content (AvgIpc) is 3.04. The summed E-state index contributed by atoms with van der Waals surface area (Å²) < 4.78 is 0. The number of pyridine rings is 1. The summed E-state index contributed by atoms with van der Waals surface area (Å²) in [5.74, 6) is 0.248. The molecule has 1 amide bonds. The highest BCUT2D eigenvalue weighted by Gasteiger charge is 2.15. The SMILES string of the molecule is CC(C)c1nc(CCNC(=O)c2c(Cl)ccc3ncccc23)cs1. The molecule has 0 spiro atoms. The zero-order valence-electron chi connectivity index (χ0n) is 13.5. The van der Waals surface area contributed by atoms with Crippen molar-refractivity contribution < 1.29 is 4.79 Å². The molecular formula is C18H18ClN3OS. The van der Waals surface area contributed by atoms with Gasteiger partial charge in [-0.05, 0) is 18.2 Å². The number of amides is 1. The highest BCUT2D eigenvalue weighted by atomic mass is 35.5. The molecule has 0 saturated carbocycles. The van der Waals surface area contributed by atoms with Gasteiger partial charge in [-0.2, -0.15) is 0 Å². The average molecular weight is 360 g/mol. The summed E-state index contributed by atoms with van der Waals surface area (Å²) in [4.78, 5) is 21.4. The molecule has 4 nitrogen and oxygen atoms in total. The third-order valence-corrected chi connectivity index (χ3v) is 5.20. The van der Waals surface area contributed by atoms with Gasteiger partial charge in [0.15, 0.2) is 0 Å². The Morgan fingerprint density at radius 3 is 2.92 bits per heavy atom. The summed E-state index contributed by atoms with van der Waals surface area (Å²) in [5.41, 5.74) is 2.24. The van der Waals surface area contributed by atoms with Crippen LogP contribution in [0, 0.1) is 0 Å². The second-order valence-electron chi connectivity index (χ2n) is 5.83. The molecule has 0 aliphatic rings. The molecule has 124 valence electrons. The number of aromatic nitrogens is 2. The van der Waals surface area contributed by atoms with Crippen molar-refractivity contribution in [1.29, 1.82) is 0 Å². The first-order valence-electron chi connectivity index (χ1n) is 7.82. The van der Waals surface area contributed by atoms with Gasteiger partial charge in [-0.1, -0.05) is 31.5 Å². The van der Waals surface area contributed by atoms with Crippen molar-refractivity contribution in [3.63, 3.8) is 0 Å². The molecule has 1 aromatic carbocycles. The Hall–Kier alpha value is -1.98. The van der Waals surface area contributed by atoms with E-state index < -0.39 is 0 Å². The summed E-state index contributed by atoms with van der Waals surface area (Å²) in [6.07, 6.45) is 2.40. The molecule has 0 bridgehead atoms. The summed E-state index contributed by atoms with van der Waals surface area (Å²) in [6, 6.07) is 7.19. The van der Waals surface area contributed by atoms with Gasteiger partial charge in [-0.15, -0.1) is 11.3 Å². The number of carbonyl (C=O) groups excluding carboxylic acids is 1. The second-order valence-corrected chi connectivity index (χ2v) is 7.13. The molecule has 0 aliphatic carbocycles. The van der Waals surface area contributed by atoms with Crippen molar-refractivity contribution >= 4 is 39.7 Å². The number of hydrogen-bond donors (Lipinski definition) is 1. The fraction of sp³-hybridized carbons (Fsp3) is 0.278. The minimum Gasteiger partial charge on any atom is -0.352 e. The molecule has 1 N–H and O–H groups in total. The number of nitrogens with zero attached hydrogens (tertiary/aromatic N) is 2. The molecule has 0 radical (unpaired) electrons. The normalized spacial score (nSPS) is 11.2. The number of fused-ring (bicyclic) bond motifs is 1. The Morgan fingerprint density at radius 1 is 1.33 bits per heavy atom. The van der Waals surface area contributed by atoms with E-state index in [0.29, 0.717) is 29.5 Å². The molecule has 24 heavy (non-hydrogen) atoms. The first-order valence-corrected chi connectivity index (χ1v) is 9.07. The van der Waals surface area contributed by atoms with E-state index in [4.69, 9.17) is 11.6 Å². The van der Waals surface area contributed by atoms with E-state index in [-0.39, 0.29) is 5.91 Å². The van der Waals surface area contributed by atoms with Crippen LogP contribution in [0.5, 0.6) is 0 Å². The summed E-state index contributed by atoms with van der Waals surface area (Å²) in [7, 11) is 0. The summed E-state index contributed by atoms with van der Waals surface area (Å²) in [6.45, 7) is 4.77. The largest absolute Gasteiger partial charge is 0.352 e. The van der Waals surface area contributed by atoms with E-state index in [2.05, 4.69) is 34.5 Å². The van der Waals surface area contributed by atoms with Crippen LogP contribution in [0.2, 0.25) is 5.02 Å². The lowest BCUT2D eigenvalue weighted by Crippen LogP contribution is -2.26. The van der Waals surface area contributed by atoms with Gasteiger partial charge in [0.05, 0.1) is 26.8 Å². The zero-order valence-corrected chi connectivity index (χ0v) is 15.1. The van der Waals surface area contributed by atoms with Crippen molar-refractivity contribution in [1.82, 2.24) is 15.3 Å². The van der Waals surface area contributed by atoms with E-state index >= 15 is 0 Å². The van der Waals surface area contributed by atoms with Crippen molar-refractivity contribution in [3.8, 4) is 0 Å². The lowest BCUT2D eigenvalue weighted by molar-refractivity contribution is 0.0956. The predicted octanol–water partition coefficient (Wildman–Crippen LogP) is 4.44. The van der Waals surface area contributed by atoms with E-state index in [9.17, 15) is 4.79 Å². The summed E-state index contributed by atoms with van der Waals surface area (Å²) >= 11 is 7.90. The molecule has 0 unspecified atom stereocenters. The van der Waals surface area contributed by atoms with Gasteiger partial charge in [-0.3, -0.25) is 9.78 Å². The maximum absolute atomic E-state index is 12.5. The van der Waals surface area contributed by atoms with E-state index in [1.165, 1.54) is 0 Å². The first-order chi connectivity index (χ1) is 11.6. The molecule has 6 heteroatoms. The van der Waals surface area contributed by atoms with Crippen molar-refractivity contribution in [2.45, 2.75) is 26.2 Å². The van der Waals surface area contributed by atoms with E-state index in [1.54, 1.807) is 29.7 Å². The zero-order chi connectivity index (χ0) is 17.1. The lowest BCUT2D eigenvalue weighted by Gasteiger charge is -2.09. The number of rotatable bonds is 5. The number of hydrogen-bond acceptors (Lipinski definition) is 4. The van der Waals surface area contributed by atoms with Crippen molar-refractivity contribution in [2.24, 2.45) is 0 Å². The molecule has 3 rings (SSSR count). The van der Waals surface area contributed by atoms with Crippen LogP contribution < -0.4 is 5.32 Å². The highest BCUT2D eigenvalue weighted by Crippen LogP contribution is 2.25. The quantitative estimate of drug-likeness (QED) is 0.732. The molecule has 2 heterocycles. The molecule has 3 aromatic rings. The standard InChI is InChI=1S/C18H18ClN3OS/c1-11(2)18-22-12(10-24-18)7-9-21-17(23)16-13-4-3-8-20-15(13)6-5-14(16)19/h3-6,8,10-11H,7,9H2,1-2H3,(H,21,23). The third-order valence-electron chi connectivity index (χ3n) is 3.69. The fourth-order valence-corrected chi connectivity index (χ4v) is 3.57. The van der Waals surface area contributed by atoms with Gasteiger partial charge in [0.1, 0.15) is 0 Å². The van der Waals surface area contributed by atoms with Crippen LogP contribution >= 0.6 is 22.9 Å². The van der Waals surface area contributed by atoms with Crippen LogP contribution in [0.1, 0.15) is 40.8 Å².